The number of hydrogen-bond acceptors (Lipinski definition) is 1. The summed E-state index contributed by atoms with van der Waals surface area (Å²) in [6, 6.07) is 1.78. The second-order valence-electron chi connectivity index (χ2n) is 4.40. The smallest absolute Gasteiger partial charge is 0.00708 e. The van der Waals surface area contributed by atoms with Crippen molar-refractivity contribution >= 4 is 12.4 Å². The molecule has 0 heterocycles. The van der Waals surface area contributed by atoms with Gasteiger partial charge in [-0.25, -0.2) is 0 Å². The first-order valence-corrected chi connectivity index (χ1v) is 5.10. The van der Waals surface area contributed by atoms with Crippen LogP contribution in [0.4, 0.5) is 0 Å². The third-order valence-electron chi connectivity index (χ3n) is 3.06. The van der Waals surface area contributed by atoms with Crippen molar-refractivity contribution in [1.29, 1.82) is 0 Å². The van der Waals surface area contributed by atoms with Crippen LogP contribution in [0.25, 0.3) is 0 Å². The zero-order chi connectivity index (χ0) is 7.68. The SMILES string of the molecule is CC1CCC(NC2CC2)CC1.Cl. The molecule has 2 saturated carbocycles. The molecule has 0 aromatic rings. The minimum absolute atomic E-state index is 0. The second-order valence-corrected chi connectivity index (χ2v) is 4.40. The number of nitrogens with one attached hydrogen (secondary N) is 1. The maximum atomic E-state index is 3.71. The Bertz CT molecular complexity index is 126. The molecule has 2 aliphatic rings. The van der Waals surface area contributed by atoms with E-state index in [1.807, 2.05) is 0 Å². The Kier molecular flexibility index (Phi) is 3.85. The normalized spacial score (nSPS) is 35.8. The first-order chi connectivity index (χ1) is 5.34. The van der Waals surface area contributed by atoms with E-state index in [4.69, 9.17) is 0 Å². The fourth-order valence-corrected chi connectivity index (χ4v) is 2.01. The van der Waals surface area contributed by atoms with Crippen LogP contribution < -0.4 is 5.32 Å². The molecule has 0 radical (unpaired) electrons. The van der Waals surface area contributed by atoms with Crippen molar-refractivity contribution in [3.63, 3.8) is 0 Å². The molecule has 0 unspecified atom stereocenters. The molecule has 0 amide bonds. The van der Waals surface area contributed by atoms with Crippen LogP contribution in [0.15, 0.2) is 0 Å². The van der Waals surface area contributed by atoms with Crippen molar-refractivity contribution in [2.24, 2.45) is 5.92 Å². The van der Waals surface area contributed by atoms with Gasteiger partial charge in [-0.2, -0.15) is 0 Å². The van der Waals surface area contributed by atoms with Crippen molar-refractivity contribution in [2.45, 2.75) is 57.5 Å². The molecule has 0 spiro atoms. The summed E-state index contributed by atoms with van der Waals surface area (Å²) in [5.41, 5.74) is 0. The molecule has 0 bridgehead atoms. The van der Waals surface area contributed by atoms with E-state index in [0.717, 1.165) is 18.0 Å². The van der Waals surface area contributed by atoms with Gasteiger partial charge in [-0.1, -0.05) is 6.92 Å². The number of hydrogen-bond donors (Lipinski definition) is 1. The van der Waals surface area contributed by atoms with Crippen LogP contribution in [0.2, 0.25) is 0 Å². The Labute approximate surface area is 81.7 Å². The lowest BCUT2D eigenvalue weighted by Gasteiger charge is -2.26. The highest BCUT2D eigenvalue weighted by Crippen LogP contribution is 2.27. The van der Waals surface area contributed by atoms with Gasteiger partial charge in [0.25, 0.3) is 0 Å². The molecule has 0 aromatic heterocycles. The van der Waals surface area contributed by atoms with Gasteiger partial charge in [0.05, 0.1) is 0 Å². The molecule has 0 aromatic carbocycles. The highest BCUT2D eigenvalue weighted by atomic mass is 35.5. The minimum Gasteiger partial charge on any atom is -0.311 e. The van der Waals surface area contributed by atoms with E-state index < -0.39 is 0 Å². The first kappa shape index (κ1) is 10.3. The summed E-state index contributed by atoms with van der Waals surface area (Å²) in [5.74, 6) is 0.993. The molecule has 2 heteroatoms. The second kappa shape index (κ2) is 4.48. The summed E-state index contributed by atoms with van der Waals surface area (Å²) in [7, 11) is 0. The van der Waals surface area contributed by atoms with Gasteiger partial charge in [0.1, 0.15) is 0 Å². The molecule has 2 aliphatic carbocycles. The standard InChI is InChI=1S/C10H19N.ClH/c1-8-2-4-9(5-3-8)11-10-6-7-10;/h8-11H,2-7H2,1H3;1H. The Balaban J connectivity index is 0.000000720. The highest BCUT2D eigenvalue weighted by molar-refractivity contribution is 5.85. The van der Waals surface area contributed by atoms with Gasteiger partial charge < -0.3 is 5.32 Å². The molecule has 0 saturated heterocycles. The van der Waals surface area contributed by atoms with Crippen LogP contribution >= 0.6 is 12.4 Å². The van der Waals surface area contributed by atoms with Gasteiger partial charge in [0.15, 0.2) is 0 Å². The average molecular weight is 190 g/mol. The van der Waals surface area contributed by atoms with E-state index in [1.54, 1.807) is 0 Å². The third kappa shape index (κ3) is 2.95. The predicted octanol–water partition coefficient (Wildman–Crippen LogP) is 2.74. The van der Waals surface area contributed by atoms with E-state index in [1.165, 1.54) is 38.5 Å². The van der Waals surface area contributed by atoms with Gasteiger partial charge in [-0.15, -0.1) is 12.4 Å². The highest BCUT2D eigenvalue weighted by Gasteiger charge is 2.26. The van der Waals surface area contributed by atoms with Gasteiger partial charge >= 0.3 is 0 Å². The molecule has 72 valence electrons. The summed E-state index contributed by atoms with van der Waals surface area (Å²) >= 11 is 0. The first-order valence-electron chi connectivity index (χ1n) is 5.10. The number of rotatable bonds is 2. The van der Waals surface area contributed by atoms with E-state index in [0.29, 0.717) is 0 Å². The molecule has 1 nitrogen and oxygen atoms in total. The summed E-state index contributed by atoms with van der Waals surface area (Å²) in [6.07, 6.45) is 8.63. The van der Waals surface area contributed by atoms with Gasteiger partial charge in [-0.05, 0) is 44.4 Å². The van der Waals surface area contributed by atoms with Crippen LogP contribution in [0, 0.1) is 5.92 Å². The topological polar surface area (TPSA) is 12.0 Å². The Morgan fingerprint density at radius 2 is 1.25 bits per heavy atom. The Morgan fingerprint density at radius 1 is 0.833 bits per heavy atom. The van der Waals surface area contributed by atoms with Crippen LogP contribution in [0.5, 0.6) is 0 Å². The fraction of sp³-hybridized carbons (Fsp3) is 1.00. The van der Waals surface area contributed by atoms with E-state index >= 15 is 0 Å². The van der Waals surface area contributed by atoms with Crippen LogP contribution in [0.3, 0.4) is 0 Å². The average Bonchev–Trinajstić information content (AvgIpc) is 2.78. The van der Waals surface area contributed by atoms with E-state index in [9.17, 15) is 0 Å². The quantitative estimate of drug-likeness (QED) is 0.705. The lowest BCUT2D eigenvalue weighted by Crippen LogP contribution is -2.34. The van der Waals surface area contributed by atoms with Gasteiger partial charge in [-0.3, -0.25) is 0 Å². The van der Waals surface area contributed by atoms with Crippen LogP contribution in [-0.2, 0) is 0 Å². The summed E-state index contributed by atoms with van der Waals surface area (Å²) in [6.45, 7) is 2.38. The van der Waals surface area contributed by atoms with Crippen molar-refractivity contribution < 1.29 is 0 Å². The maximum Gasteiger partial charge on any atom is 0.00708 e. The summed E-state index contributed by atoms with van der Waals surface area (Å²) < 4.78 is 0. The molecule has 2 fully saturated rings. The molecular formula is C10H20ClN. The largest absolute Gasteiger partial charge is 0.311 e. The van der Waals surface area contributed by atoms with Crippen molar-refractivity contribution in [3.8, 4) is 0 Å². The molecule has 0 aliphatic heterocycles. The van der Waals surface area contributed by atoms with Crippen molar-refractivity contribution in [3.05, 3.63) is 0 Å². The zero-order valence-corrected chi connectivity index (χ0v) is 8.70. The lowest BCUT2D eigenvalue weighted by molar-refractivity contribution is 0.306. The van der Waals surface area contributed by atoms with Gasteiger partial charge in [0.2, 0.25) is 0 Å². The summed E-state index contributed by atoms with van der Waals surface area (Å²) in [5, 5.41) is 3.71. The lowest BCUT2D eigenvalue weighted by atomic mass is 9.87. The van der Waals surface area contributed by atoms with E-state index in [-0.39, 0.29) is 12.4 Å². The molecule has 0 atom stereocenters. The molecular weight excluding hydrogens is 170 g/mol. The number of halogens is 1. The van der Waals surface area contributed by atoms with Crippen molar-refractivity contribution in [2.75, 3.05) is 0 Å². The predicted molar refractivity (Wildman–Crippen MR) is 54.8 cm³/mol. The molecule has 12 heavy (non-hydrogen) atoms. The molecule has 1 N–H and O–H groups in total. The maximum absolute atomic E-state index is 3.71. The van der Waals surface area contributed by atoms with Crippen molar-refractivity contribution in [1.82, 2.24) is 5.32 Å². The van der Waals surface area contributed by atoms with Crippen LogP contribution in [0.1, 0.15) is 45.4 Å². The Hall–Kier alpha value is 0.250. The summed E-state index contributed by atoms with van der Waals surface area (Å²) in [4.78, 5) is 0. The third-order valence-corrected chi connectivity index (χ3v) is 3.06. The molecule has 2 rings (SSSR count). The Morgan fingerprint density at radius 3 is 1.67 bits per heavy atom. The van der Waals surface area contributed by atoms with Crippen LogP contribution in [-0.4, -0.2) is 12.1 Å². The van der Waals surface area contributed by atoms with E-state index in [2.05, 4.69) is 12.2 Å². The zero-order valence-electron chi connectivity index (χ0n) is 7.88. The fourth-order valence-electron chi connectivity index (χ4n) is 2.01. The van der Waals surface area contributed by atoms with Gasteiger partial charge in [0, 0.05) is 12.1 Å². The monoisotopic (exact) mass is 189 g/mol. The minimum atomic E-state index is 0.